The summed E-state index contributed by atoms with van der Waals surface area (Å²) < 4.78 is 4.98. The molecular weight excluding hydrogens is 166 g/mol. The molecule has 0 heterocycles. The summed E-state index contributed by atoms with van der Waals surface area (Å²) in [6, 6.07) is 0. The van der Waals surface area contributed by atoms with Gasteiger partial charge in [0.15, 0.2) is 0 Å². The molecule has 13 heavy (non-hydrogen) atoms. The highest BCUT2D eigenvalue weighted by Gasteiger charge is 2.14. The maximum Gasteiger partial charge on any atom is 0.384 e. The number of rotatable bonds is 1. The van der Waals surface area contributed by atoms with Crippen molar-refractivity contribution in [2.45, 2.75) is 33.3 Å². The van der Waals surface area contributed by atoms with Crippen LogP contribution in [0.1, 0.15) is 27.7 Å². The van der Waals surface area contributed by atoms with Gasteiger partial charge in [-0.15, -0.1) is 0 Å². The van der Waals surface area contributed by atoms with Gasteiger partial charge in [0.05, 0.1) is 0 Å². The van der Waals surface area contributed by atoms with Crippen LogP contribution in [0.3, 0.4) is 0 Å². The highest BCUT2D eigenvalue weighted by Crippen LogP contribution is 2.06. The molecule has 0 amide bonds. The van der Waals surface area contributed by atoms with Crippen molar-refractivity contribution in [2.24, 2.45) is 11.7 Å². The van der Waals surface area contributed by atoms with Crippen LogP contribution in [-0.2, 0) is 9.53 Å². The zero-order valence-electron chi connectivity index (χ0n) is 8.68. The molecule has 0 aliphatic rings. The largest absolute Gasteiger partial charge is 0.450 e. The predicted octanol–water partition coefficient (Wildman–Crippen LogP) is 0.926. The minimum atomic E-state index is -0.493. The third-order valence-corrected chi connectivity index (χ3v) is 1.17. The van der Waals surface area contributed by atoms with Crippen molar-refractivity contribution in [3.8, 4) is 11.8 Å². The molecule has 0 saturated heterocycles. The summed E-state index contributed by atoms with van der Waals surface area (Å²) in [6.45, 7) is 7.73. The van der Waals surface area contributed by atoms with E-state index in [0.717, 1.165) is 0 Å². The van der Waals surface area contributed by atoms with Gasteiger partial charge in [-0.05, 0) is 20.8 Å². The van der Waals surface area contributed by atoms with E-state index in [-0.39, 0.29) is 5.92 Å². The highest BCUT2D eigenvalue weighted by atomic mass is 16.6. The molecule has 0 aliphatic heterocycles. The van der Waals surface area contributed by atoms with Crippen LogP contribution in [0.4, 0.5) is 0 Å². The number of hydrogen-bond donors (Lipinski definition) is 1. The summed E-state index contributed by atoms with van der Waals surface area (Å²) in [5, 5.41) is 0. The third kappa shape index (κ3) is 7.35. The topological polar surface area (TPSA) is 52.3 Å². The van der Waals surface area contributed by atoms with Gasteiger partial charge in [-0.3, -0.25) is 0 Å². The Balaban J connectivity index is 4.06. The molecular formula is C10H17NO2. The van der Waals surface area contributed by atoms with E-state index in [1.54, 1.807) is 20.8 Å². The second kappa shape index (κ2) is 4.88. The highest BCUT2D eigenvalue weighted by molar-refractivity contribution is 5.88. The van der Waals surface area contributed by atoms with Gasteiger partial charge in [0.2, 0.25) is 0 Å². The summed E-state index contributed by atoms with van der Waals surface area (Å²) in [5.74, 6) is 4.65. The van der Waals surface area contributed by atoms with E-state index in [4.69, 9.17) is 10.5 Å². The van der Waals surface area contributed by atoms with Crippen LogP contribution in [-0.4, -0.2) is 18.1 Å². The third-order valence-electron chi connectivity index (χ3n) is 1.17. The quantitative estimate of drug-likeness (QED) is 0.374. The molecule has 0 aromatic rings. The van der Waals surface area contributed by atoms with Crippen LogP contribution in [0.15, 0.2) is 0 Å². The summed E-state index contributed by atoms with van der Waals surface area (Å²) >= 11 is 0. The first-order valence-electron chi connectivity index (χ1n) is 4.29. The van der Waals surface area contributed by atoms with Gasteiger partial charge in [-0.25, -0.2) is 4.79 Å². The minimum absolute atomic E-state index is 0.0347. The summed E-state index contributed by atoms with van der Waals surface area (Å²) in [6.07, 6.45) is 0. The first-order chi connectivity index (χ1) is 5.85. The Morgan fingerprint density at radius 1 is 1.54 bits per heavy atom. The lowest BCUT2D eigenvalue weighted by molar-refractivity contribution is -0.147. The number of nitrogens with two attached hydrogens (primary N) is 1. The van der Waals surface area contributed by atoms with E-state index >= 15 is 0 Å². The number of hydrogen-bond acceptors (Lipinski definition) is 3. The molecule has 0 radical (unpaired) electrons. The SMILES string of the molecule is CC(C#CC(=O)OC(C)(C)C)CN. The Morgan fingerprint density at radius 3 is 2.46 bits per heavy atom. The molecule has 0 aromatic carbocycles. The zero-order valence-corrected chi connectivity index (χ0v) is 8.68. The fourth-order valence-electron chi connectivity index (χ4n) is 0.545. The number of carbonyl (C=O) groups is 1. The van der Waals surface area contributed by atoms with Crippen LogP contribution >= 0.6 is 0 Å². The van der Waals surface area contributed by atoms with E-state index in [1.807, 2.05) is 6.92 Å². The van der Waals surface area contributed by atoms with Crippen molar-refractivity contribution in [3.63, 3.8) is 0 Å². The minimum Gasteiger partial charge on any atom is -0.450 e. The monoisotopic (exact) mass is 183 g/mol. The van der Waals surface area contributed by atoms with Crippen LogP contribution < -0.4 is 5.73 Å². The van der Waals surface area contributed by atoms with Gasteiger partial charge in [0.25, 0.3) is 0 Å². The Morgan fingerprint density at radius 2 is 2.08 bits per heavy atom. The molecule has 74 valence electrons. The Bertz CT molecular complexity index is 230. The van der Waals surface area contributed by atoms with Gasteiger partial charge in [-0.2, -0.15) is 0 Å². The van der Waals surface area contributed by atoms with E-state index in [0.29, 0.717) is 6.54 Å². The number of ether oxygens (including phenoxy) is 1. The predicted molar refractivity (Wildman–Crippen MR) is 51.8 cm³/mol. The van der Waals surface area contributed by atoms with E-state index in [1.165, 1.54) is 0 Å². The molecule has 1 atom stereocenters. The van der Waals surface area contributed by atoms with Gasteiger partial charge >= 0.3 is 5.97 Å². The van der Waals surface area contributed by atoms with Crippen LogP contribution in [0.5, 0.6) is 0 Å². The average molecular weight is 183 g/mol. The van der Waals surface area contributed by atoms with Crippen LogP contribution in [0.25, 0.3) is 0 Å². The lowest BCUT2D eigenvalue weighted by Crippen LogP contribution is -2.23. The van der Waals surface area contributed by atoms with E-state index in [2.05, 4.69) is 11.8 Å². The van der Waals surface area contributed by atoms with Crippen molar-refractivity contribution in [1.82, 2.24) is 0 Å². The molecule has 2 N–H and O–H groups in total. The Kier molecular flexibility index (Phi) is 4.50. The zero-order chi connectivity index (χ0) is 10.5. The van der Waals surface area contributed by atoms with E-state index < -0.39 is 11.6 Å². The number of carbonyl (C=O) groups excluding carboxylic acids is 1. The maximum atomic E-state index is 11.0. The summed E-state index contributed by atoms with van der Waals surface area (Å²) in [5.41, 5.74) is 4.86. The van der Waals surface area contributed by atoms with Crippen molar-refractivity contribution < 1.29 is 9.53 Å². The first kappa shape index (κ1) is 12.0. The number of esters is 1. The molecule has 0 saturated carbocycles. The van der Waals surface area contributed by atoms with Crippen LogP contribution in [0.2, 0.25) is 0 Å². The fraction of sp³-hybridized carbons (Fsp3) is 0.700. The van der Waals surface area contributed by atoms with Crippen molar-refractivity contribution in [3.05, 3.63) is 0 Å². The Labute approximate surface area is 79.6 Å². The molecule has 0 bridgehead atoms. The van der Waals surface area contributed by atoms with Crippen molar-refractivity contribution in [1.29, 1.82) is 0 Å². The molecule has 0 fully saturated rings. The molecule has 0 spiro atoms. The molecule has 0 rings (SSSR count). The second-order valence-electron chi connectivity index (χ2n) is 3.91. The molecule has 3 heteroatoms. The van der Waals surface area contributed by atoms with Gasteiger partial charge < -0.3 is 10.5 Å². The van der Waals surface area contributed by atoms with Crippen LogP contribution in [0, 0.1) is 17.8 Å². The standard InChI is InChI=1S/C10H17NO2/c1-8(7-11)5-6-9(12)13-10(2,3)4/h8H,7,11H2,1-4H3. The average Bonchev–Trinajstić information content (AvgIpc) is 1.97. The molecule has 3 nitrogen and oxygen atoms in total. The van der Waals surface area contributed by atoms with Gasteiger partial charge in [-0.1, -0.05) is 12.8 Å². The molecule has 0 aromatic heterocycles. The summed E-state index contributed by atoms with van der Waals surface area (Å²) in [4.78, 5) is 11.0. The summed E-state index contributed by atoms with van der Waals surface area (Å²) in [7, 11) is 0. The maximum absolute atomic E-state index is 11.0. The van der Waals surface area contributed by atoms with Crippen molar-refractivity contribution in [2.75, 3.05) is 6.54 Å². The molecule has 1 unspecified atom stereocenters. The van der Waals surface area contributed by atoms with E-state index in [9.17, 15) is 4.79 Å². The Hall–Kier alpha value is -1.01. The molecule has 0 aliphatic carbocycles. The fourth-order valence-corrected chi connectivity index (χ4v) is 0.545. The van der Waals surface area contributed by atoms with Gasteiger partial charge in [0.1, 0.15) is 5.60 Å². The van der Waals surface area contributed by atoms with Crippen molar-refractivity contribution >= 4 is 5.97 Å². The lowest BCUT2D eigenvalue weighted by atomic mass is 10.2. The normalized spacial score (nSPS) is 12.7. The second-order valence-corrected chi connectivity index (χ2v) is 3.91. The smallest absolute Gasteiger partial charge is 0.384 e. The first-order valence-corrected chi connectivity index (χ1v) is 4.29. The van der Waals surface area contributed by atoms with Gasteiger partial charge in [0, 0.05) is 18.4 Å². The lowest BCUT2D eigenvalue weighted by Gasteiger charge is -2.16.